The van der Waals surface area contributed by atoms with E-state index in [1.807, 2.05) is 0 Å². The lowest BCUT2D eigenvalue weighted by Crippen LogP contribution is -2.20. The molecule has 1 N–H and O–H groups in total. The molecule has 0 atom stereocenters. The van der Waals surface area contributed by atoms with Crippen molar-refractivity contribution in [2.75, 3.05) is 26.1 Å². The number of carbonyl (C=O) groups is 1. The van der Waals surface area contributed by atoms with Gasteiger partial charge in [-0.25, -0.2) is 0 Å². The molecule has 5 nitrogen and oxygen atoms in total. The van der Waals surface area contributed by atoms with Crippen molar-refractivity contribution < 1.29 is 19.0 Å². The lowest BCUT2D eigenvalue weighted by Gasteiger charge is -2.12. The average Bonchev–Trinajstić information content (AvgIpc) is 2.54. The van der Waals surface area contributed by atoms with Gasteiger partial charge >= 0.3 is 0 Å². The molecule has 0 bridgehead atoms. The lowest BCUT2D eigenvalue weighted by atomic mass is 10.2. The Hall–Kier alpha value is -2.11. The Labute approximate surface area is 144 Å². The number of hydrogen-bond acceptors (Lipinski definition) is 4. The van der Waals surface area contributed by atoms with E-state index >= 15 is 0 Å². The molecular weight excluding hydrogens is 341 g/mol. The van der Waals surface area contributed by atoms with Crippen LogP contribution in [0.25, 0.3) is 0 Å². The predicted octanol–water partition coefficient (Wildman–Crippen LogP) is 4.03. The molecule has 0 fully saturated rings. The smallest absolute Gasteiger partial charge is 0.262 e. The zero-order valence-electron chi connectivity index (χ0n) is 12.6. The Balaban J connectivity index is 1.99. The summed E-state index contributed by atoms with van der Waals surface area (Å²) >= 11 is 11.8. The Morgan fingerprint density at radius 2 is 1.83 bits per heavy atom. The molecule has 0 spiro atoms. The van der Waals surface area contributed by atoms with Crippen LogP contribution < -0.4 is 19.5 Å². The molecule has 0 aromatic heterocycles. The van der Waals surface area contributed by atoms with Crippen LogP contribution in [0.15, 0.2) is 36.4 Å². The van der Waals surface area contributed by atoms with Crippen LogP contribution in [-0.4, -0.2) is 26.7 Å². The summed E-state index contributed by atoms with van der Waals surface area (Å²) < 4.78 is 15.7. The van der Waals surface area contributed by atoms with Gasteiger partial charge in [-0.1, -0.05) is 23.2 Å². The maximum absolute atomic E-state index is 12.0. The summed E-state index contributed by atoms with van der Waals surface area (Å²) in [7, 11) is 3.06. The van der Waals surface area contributed by atoms with Gasteiger partial charge in [0.05, 0.1) is 24.9 Å². The second kappa shape index (κ2) is 7.94. The second-order valence-electron chi connectivity index (χ2n) is 4.48. The fourth-order valence-electron chi connectivity index (χ4n) is 1.82. The number of rotatable bonds is 6. The minimum absolute atomic E-state index is 0.198. The SMILES string of the molecule is COc1ccc(NC(=O)COc2ccc(Cl)cc2Cl)c(OC)c1. The number of anilines is 1. The van der Waals surface area contributed by atoms with E-state index in [1.165, 1.54) is 7.11 Å². The van der Waals surface area contributed by atoms with Gasteiger partial charge < -0.3 is 19.5 Å². The minimum atomic E-state index is -0.348. The zero-order valence-corrected chi connectivity index (χ0v) is 14.1. The molecule has 2 aromatic carbocycles. The van der Waals surface area contributed by atoms with Crippen LogP contribution >= 0.6 is 23.2 Å². The molecule has 0 heterocycles. The van der Waals surface area contributed by atoms with Gasteiger partial charge in [0.2, 0.25) is 0 Å². The summed E-state index contributed by atoms with van der Waals surface area (Å²) in [6, 6.07) is 9.86. The first-order valence-electron chi connectivity index (χ1n) is 6.63. The van der Waals surface area contributed by atoms with Crippen molar-refractivity contribution in [3.05, 3.63) is 46.4 Å². The maximum Gasteiger partial charge on any atom is 0.262 e. The Kier molecular flexibility index (Phi) is 5.96. The number of amides is 1. The van der Waals surface area contributed by atoms with E-state index in [9.17, 15) is 4.79 Å². The fourth-order valence-corrected chi connectivity index (χ4v) is 2.29. The molecule has 0 aliphatic carbocycles. The van der Waals surface area contributed by atoms with E-state index in [0.717, 1.165) is 0 Å². The number of nitrogens with one attached hydrogen (secondary N) is 1. The van der Waals surface area contributed by atoms with E-state index in [4.69, 9.17) is 37.4 Å². The highest BCUT2D eigenvalue weighted by atomic mass is 35.5. The van der Waals surface area contributed by atoms with Gasteiger partial charge in [-0.2, -0.15) is 0 Å². The highest BCUT2D eigenvalue weighted by molar-refractivity contribution is 6.35. The summed E-state index contributed by atoms with van der Waals surface area (Å²) in [5, 5.41) is 3.54. The normalized spacial score (nSPS) is 10.1. The number of methoxy groups -OCH3 is 2. The number of hydrogen-bond donors (Lipinski definition) is 1. The molecule has 1 amide bonds. The molecule has 23 heavy (non-hydrogen) atoms. The molecule has 0 radical (unpaired) electrons. The van der Waals surface area contributed by atoms with Crippen molar-refractivity contribution >= 4 is 34.8 Å². The summed E-state index contributed by atoms with van der Waals surface area (Å²) in [5.41, 5.74) is 0.518. The number of benzene rings is 2. The molecule has 0 aliphatic heterocycles. The summed E-state index contributed by atoms with van der Waals surface area (Å²) in [6.45, 7) is -0.198. The topological polar surface area (TPSA) is 56.8 Å². The van der Waals surface area contributed by atoms with Gasteiger partial charge in [-0.05, 0) is 30.3 Å². The largest absolute Gasteiger partial charge is 0.497 e. The molecule has 2 rings (SSSR count). The standard InChI is InChI=1S/C16H15Cl2NO4/c1-21-11-4-5-13(15(8-11)22-2)19-16(20)9-23-14-6-3-10(17)7-12(14)18/h3-8H,9H2,1-2H3,(H,19,20). The third-order valence-corrected chi connectivity index (χ3v) is 3.47. The third-order valence-electron chi connectivity index (χ3n) is 2.94. The van der Waals surface area contributed by atoms with Crippen LogP contribution in [0, 0.1) is 0 Å². The Morgan fingerprint density at radius 1 is 1.04 bits per heavy atom. The average molecular weight is 356 g/mol. The molecule has 7 heteroatoms. The number of ether oxygens (including phenoxy) is 3. The molecule has 0 saturated heterocycles. The molecule has 122 valence electrons. The quantitative estimate of drug-likeness (QED) is 0.849. The Bertz CT molecular complexity index is 706. The van der Waals surface area contributed by atoms with E-state index in [2.05, 4.69) is 5.32 Å². The third kappa shape index (κ3) is 4.68. The first-order valence-corrected chi connectivity index (χ1v) is 7.39. The first-order chi connectivity index (χ1) is 11.0. The molecule has 2 aromatic rings. The van der Waals surface area contributed by atoms with E-state index in [-0.39, 0.29) is 12.5 Å². The summed E-state index contributed by atoms with van der Waals surface area (Å²) in [4.78, 5) is 12.0. The van der Waals surface area contributed by atoms with Crippen molar-refractivity contribution in [3.63, 3.8) is 0 Å². The van der Waals surface area contributed by atoms with Gasteiger partial charge in [-0.3, -0.25) is 4.79 Å². The van der Waals surface area contributed by atoms with Crippen LogP contribution in [-0.2, 0) is 4.79 Å². The predicted molar refractivity (Wildman–Crippen MR) is 90.1 cm³/mol. The van der Waals surface area contributed by atoms with Crippen LogP contribution in [0.1, 0.15) is 0 Å². The molecule has 0 aliphatic rings. The van der Waals surface area contributed by atoms with Crippen molar-refractivity contribution in [2.24, 2.45) is 0 Å². The lowest BCUT2D eigenvalue weighted by molar-refractivity contribution is -0.118. The molecular formula is C16H15Cl2NO4. The van der Waals surface area contributed by atoms with Gasteiger partial charge in [0, 0.05) is 11.1 Å². The van der Waals surface area contributed by atoms with E-state index in [0.29, 0.717) is 33.0 Å². The van der Waals surface area contributed by atoms with Crippen LogP contribution in [0.3, 0.4) is 0 Å². The van der Waals surface area contributed by atoms with Gasteiger partial charge in [0.15, 0.2) is 6.61 Å². The fraction of sp³-hybridized carbons (Fsp3) is 0.188. The molecule has 0 unspecified atom stereocenters. The van der Waals surface area contributed by atoms with Crippen LogP contribution in [0.2, 0.25) is 10.0 Å². The van der Waals surface area contributed by atoms with Crippen LogP contribution in [0.5, 0.6) is 17.2 Å². The first kappa shape index (κ1) is 17.2. The Morgan fingerprint density at radius 3 is 2.48 bits per heavy atom. The number of carbonyl (C=O) groups excluding carboxylic acids is 1. The second-order valence-corrected chi connectivity index (χ2v) is 5.32. The number of halogens is 2. The van der Waals surface area contributed by atoms with Crippen molar-refractivity contribution in [2.45, 2.75) is 0 Å². The zero-order chi connectivity index (χ0) is 16.8. The van der Waals surface area contributed by atoms with Gasteiger partial charge in [-0.15, -0.1) is 0 Å². The van der Waals surface area contributed by atoms with Gasteiger partial charge in [0.25, 0.3) is 5.91 Å². The minimum Gasteiger partial charge on any atom is -0.497 e. The summed E-state index contributed by atoms with van der Waals surface area (Å²) in [6.07, 6.45) is 0. The van der Waals surface area contributed by atoms with Crippen molar-refractivity contribution in [1.82, 2.24) is 0 Å². The van der Waals surface area contributed by atoms with Crippen LogP contribution in [0.4, 0.5) is 5.69 Å². The monoisotopic (exact) mass is 355 g/mol. The highest BCUT2D eigenvalue weighted by Crippen LogP contribution is 2.29. The van der Waals surface area contributed by atoms with Crippen molar-refractivity contribution in [3.8, 4) is 17.2 Å². The van der Waals surface area contributed by atoms with E-state index < -0.39 is 0 Å². The van der Waals surface area contributed by atoms with Crippen molar-refractivity contribution in [1.29, 1.82) is 0 Å². The maximum atomic E-state index is 12.0. The molecule has 0 saturated carbocycles. The van der Waals surface area contributed by atoms with Gasteiger partial charge in [0.1, 0.15) is 17.2 Å². The van der Waals surface area contributed by atoms with E-state index in [1.54, 1.807) is 43.5 Å². The summed E-state index contributed by atoms with van der Waals surface area (Å²) in [5.74, 6) is 1.15. The highest BCUT2D eigenvalue weighted by Gasteiger charge is 2.10.